The van der Waals surface area contributed by atoms with Crippen molar-refractivity contribution in [2.45, 2.75) is 11.1 Å². The van der Waals surface area contributed by atoms with Gasteiger partial charge < -0.3 is 10.2 Å². The second-order valence-electron chi connectivity index (χ2n) is 2.51. The molecule has 6 heteroatoms. The zero-order valence-electron chi connectivity index (χ0n) is 7.29. The zero-order valence-corrected chi connectivity index (χ0v) is 8.11. The maximum atomic E-state index is 9.08. The summed E-state index contributed by atoms with van der Waals surface area (Å²) in [6.07, 6.45) is 0.638. The van der Waals surface area contributed by atoms with E-state index in [4.69, 9.17) is 15.5 Å². The third-order valence-corrected chi connectivity index (χ3v) is 2.56. The lowest BCUT2D eigenvalue weighted by Crippen LogP contribution is -2.14. The van der Waals surface area contributed by atoms with Gasteiger partial charge in [0.15, 0.2) is 0 Å². The van der Waals surface area contributed by atoms with Crippen LogP contribution >= 0.6 is 11.8 Å². The van der Waals surface area contributed by atoms with Crippen molar-refractivity contribution in [3.8, 4) is 6.07 Å². The molecular weight excluding hydrogens is 202 g/mol. The molecule has 0 radical (unpaired) electrons. The average Bonchev–Trinajstić information content (AvgIpc) is 2.26. The standard InChI is InChI=1S/C8H9N3O2S/c9-3-6-1-2-10-11-8(6)14-5-7(13)4-12/h1-2,7,12-13H,4-5H2. The number of aromatic nitrogens is 2. The van der Waals surface area contributed by atoms with E-state index in [2.05, 4.69) is 10.2 Å². The number of hydrogen-bond donors (Lipinski definition) is 2. The Kier molecular flexibility index (Phi) is 4.32. The average molecular weight is 211 g/mol. The molecule has 0 saturated heterocycles. The number of thioether (sulfide) groups is 1. The van der Waals surface area contributed by atoms with Crippen LogP contribution in [0.3, 0.4) is 0 Å². The molecule has 5 nitrogen and oxygen atoms in total. The Morgan fingerprint density at radius 1 is 1.64 bits per heavy atom. The molecule has 0 aliphatic rings. The van der Waals surface area contributed by atoms with Crippen molar-refractivity contribution in [1.82, 2.24) is 10.2 Å². The van der Waals surface area contributed by atoms with E-state index in [-0.39, 0.29) is 6.61 Å². The lowest BCUT2D eigenvalue weighted by atomic mass is 10.3. The number of rotatable bonds is 4. The lowest BCUT2D eigenvalue weighted by Gasteiger charge is -2.05. The molecule has 1 rings (SSSR count). The van der Waals surface area contributed by atoms with E-state index < -0.39 is 6.10 Å². The normalized spacial score (nSPS) is 12.1. The maximum absolute atomic E-state index is 9.08. The molecular formula is C8H9N3O2S. The molecule has 0 spiro atoms. The Labute approximate surface area is 85.4 Å². The molecule has 1 unspecified atom stereocenters. The van der Waals surface area contributed by atoms with Crippen molar-refractivity contribution < 1.29 is 10.2 Å². The van der Waals surface area contributed by atoms with E-state index in [0.717, 1.165) is 0 Å². The van der Waals surface area contributed by atoms with Crippen LogP contribution in [-0.4, -0.2) is 38.9 Å². The molecule has 2 N–H and O–H groups in total. The van der Waals surface area contributed by atoms with Gasteiger partial charge in [0.25, 0.3) is 0 Å². The molecule has 0 fully saturated rings. The van der Waals surface area contributed by atoms with Crippen molar-refractivity contribution in [1.29, 1.82) is 5.26 Å². The number of aliphatic hydroxyl groups excluding tert-OH is 2. The Morgan fingerprint density at radius 3 is 3.07 bits per heavy atom. The van der Waals surface area contributed by atoms with Crippen LogP contribution < -0.4 is 0 Å². The van der Waals surface area contributed by atoms with E-state index in [1.807, 2.05) is 6.07 Å². The summed E-state index contributed by atoms with van der Waals surface area (Å²) in [4.78, 5) is 0. The molecule has 0 aromatic carbocycles. The van der Waals surface area contributed by atoms with Gasteiger partial charge in [0.05, 0.1) is 24.5 Å². The SMILES string of the molecule is N#Cc1ccnnc1SCC(O)CO. The smallest absolute Gasteiger partial charge is 0.137 e. The second kappa shape index (κ2) is 5.54. The van der Waals surface area contributed by atoms with E-state index >= 15 is 0 Å². The first-order valence-electron chi connectivity index (χ1n) is 3.91. The highest BCUT2D eigenvalue weighted by molar-refractivity contribution is 7.99. The monoisotopic (exact) mass is 211 g/mol. The van der Waals surface area contributed by atoms with Crippen molar-refractivity contribution in [2.75, 3.05) is 12.4 Å². The van der Waals surface area contributed by atoms with E-state index in [9.17, 15) is 0 Å². The van der Waals surface area contributed by atoms with Crippen LogP contribution in [0.15, 0.2) is 17.3 Å². The first kappa shape index (κ1) is 10.9. The summed E-state index contributed by atoms with van der Waals surface area (Å²) >= 11 is 1.20. The maximum Gasteiger partial charge on any atom is 0.137 e. The Balaban J connectivity index is 2.63. The third kappa shape index (κ3) is 2.96. The van der Waals surface area contributed by atoms with Gasteiger partial charge in [-0.25, -0.2) is 0 Å². The predicted octanol–water partition coefficient (Wildman–Crippen LogP) is -0.206. The molecule has 1 aromatic heterocycles. The summed E-state index contributed by atoms with van der Waals surface area (Å²) < 4.78 is 0. The number of hydrogen-bond acceptors (Lipinski definition) is 6. The number of aliphatic hydroxyl groups is 2. The molecule has 1 heterocycles. The summed E-state index contributed by atoms with van der Waals surface area (Å²) in [6, 6.07) is 3.53. The van der Waals surface area contributed by atoms with Crippen LogP contribution in [0.2, 0.25) is 0 Å². The molecule has 0 aliphatic heterocycles. The lowest BCUT2D eigenvalue weighted by molar-refractivity contribution is 0.113. The molecule has 74 valence electrons. The fraction of sp³-hybridized carbons (Fsp3) is 0.375. The van der Waals surface area contributed by atoms with Crippen molar-refractivity contribution in [3.05, 3.63) is 17.8 Å². The van der Waals surface area contributed by atoms with Crippen molar-refractivity contribution >= 4 is 11.8 Å². The van der Waals surface area contributed by atoms with Gasteiger partial charge in [0.1, 0.15) is 11.1 Å². The van der Waals surface area contributed by atoms with E-state index in [1.54, 1.807) is 6.07 Å². The predicted molar refractivity (Wildman–Crippen MR) is 50.6 cm³/mol. The molecule has 0 aliphatic carbocycles. The fourth-order valence-electron chi connectivity index (χ4n) is 0.738. The van der Waals surface area contributed by atoms with Crippen LogP contribution in [0, 0.1) is 11.3 Å². The van der Waals surface area contributed by atoms with Crippen LogP contribution in [-0.2, 0) is 0 Å². The minimum absolute atomic E-state index is 0.296. The Hall–Kier alpha value is -1.16. The Morgan fingerprint density at radius 2 is 2.43 bits per heavy atom. The third-order valence-electron chi connectivity index (χ3n) is 1.43. The largest absolute Gasteiger partial charge is 0.394 e. The van der Waals surface area contributed by atoms with Gasteiger partial charge in [-0.2, -0.15) is 10.4 Å². The topological polar surface area (TPSA) is 90.0 Å². The number of nitriles is 1. The molecule has 1 aromatic rings. The van der Waals surface area contributed by atoms with E-state index in [1.165, 1.54) is 18.0 Å². The number of nitrogens with zero attached hydrogens (tertiary/aromatic N) is 3. The van der Waals surface area contributed by atoms with Gasteiger partial charge in [-0.15, -0.1) is 16.9 Å². The van der Waals surface area contributed by atoms with Crippen LogP contribution in [0.1, 0.15) is 5.56 Å². The highest BCUT2D eigenvalue weighted by Gasteiger charge is 2.07. The van der Waals surface area contributed by atoms with Gasteiger partial charge in [-0.3, -0.25) is 0 Å². The highest BCUT2D eigenvalue weighted by Crippen LogP contribution is 2.18. The van der Waals surface area contributed by atoms with Crippen LogP contribution in [0.4, 0.5) is 0 Å². The van der Waals surface area contributed by atoms with Gasteiger partial charge in [-0.05, 0) is 6.07 Å². The first-order chi connectivity index (χ1) is 6.77. The molecule has 0 saturated carbocycles. The summed E-state index contributed by atoms with van der Waals surface area (Å²) in [5.74, 6) is 0.296. The molecule has 1 atom stereocenters. The quantitative estimate of drug-likeness (QED) is 0.670. The van der Waals surface area contributed by atoms with Crippen LogP contribution in [0.5, 0.6) is 0 Å². The minimum atomic E-state index is -0.798. The molecule has 0 bridgehead atoms. The minimum Gasteiger partial charge on any atom is -0.394 e. The fourth-order valence-corrected chi connectivity index (χ4v) is 1.57. The second-order valence-corrected chi connectivity index (χ2v) is 3.52. The van der Waals surface area contributed by atoms with Gasteiger partial charge in [0.2, 0.25) is 0 Å². The first-order valence-corrected chi connectivity index (χ1v) is 4.90. The van der Waals surface area contributed by atoms with Gasteiger partial charge in [0, 0.05) is 5.75 Å². The van der Waals surface area contributed by atoms with Crippen molar-refractivity contribution in [2.24, 2.45) is 0 Å². The highest BCUT2D eigenvalue weighted by atomic mass is 32.2. The van der Waals surface area contributed by atoms with Gasteiger partial charge in [-0.1, -0.05) is 0 Å². The zero-order chi connectivity index (χ0) is 10.4. The van der Waals surface area contributed by atoms with Crippen molar-refractivity contribution in [3.63, 3.8) is 0 Å². The van der Waals surface area contributed by atoms with Gasteiger partial charge >= 0.3 is 0 Å². The summed E-state index contributed by atoms with van der Waals surface area (Å²) in [5, 5.41) is 34.2. The van der Waals surface area contributed by atoms with Crippen LogP contribution in [0.25, 0.3) is 0 Å². The van der Waals surface area contributed by atoms with E-state index in [0.29, 0.717) is 16.3 Å². The molecule has 14 heavy (non-hydrogen) atoms. The summed E-state index contributed by atoms with van der Waals surface area (Å²) in [6.45, 7) is -0.296. The summed E-state index contributed by atoms with van der Waals surface area (Å²) in [5.41, 5.74) is 0.426. The Bertz CT molecular complexity index is 340. The summed E-state index contributed by atoms with van der Waals surface area (Å²) in [7, 11) is 0. The molecule has 0 amide bonds.